The standard InChI is InChI=1S/C16H32N2O2/c1-13(11-17-14-9-7-6-8-10-14)12-18(5)15(19)20-16(2,3)4/h13-14,17H,6-12H2,1-5H3. The third-order valence-electron chi connectivity index (χ3n) is 3.65. The Bertz CT molecular complexity index is 293. The molecule has 1 N–H and O–H groups in total. The second kappa shape index (κ2) is 7.87. The molecule has 0 spiro atoms. The lowest BCUT2D eigenvalue weighted by atomic mass is 9.95. The minimum absolute atomic E-state index is 0.234. The van der Waals surface area contributed by atoms with Gasteiger partial charge < -0.3 is 15.0 Å². The Labute approximate surface area is 124 Å². The van der Waals surface area contributed by atoms with Gasteiger partial charge in [-0.1, -0.05) is 26.2 Å². The average Bonchev–Trinajstić information content (AvgIpc) is 2.35. The first-order valence-electron chi connectivity index (χ1n) is 7.95. The molecule has 1 rings (SSSR count). The summed E-state index contributed by atoms with van der Waals surface area (Å²) in [5.74, 6) is 0.439. The van der Waals surface area contributed by atoms with E-state index in [-0.39, 0.29) is 6.09 Å². The first kappa shape index (κ1) is 17.3. The van der Waals surface area contributed by atoms with Gasteiger partial charge in [-0.3, -0.25) is 0 Å². The third-order valence-corrected chi connectivity index (χ3v) is 3.65. The lowest BCUT2D eigenvalue weighted by Gasteiger charge is -2.28. The second-order valence-corrected chi connectivity index (χ2v) is 7.21. The van der Waals surface area contributed by atoms with Crippen LogP contribution in [0.4, 0.5) is 4.79 Å². The molecule has 0 aromatic heterocycles. The molecule has 0 heterocycles. The van der Waals surface area contributed by atoms with E-state index in [4.69, 9.17) is 4.74 Å². The van der Waals surface area contributed by atoms with Gasteiger partial charge >= 0.3 is 6.09 Å². The summed E-state index contributed by atoms with van der Waals surface area (Å²) in [6.45, 7) is 9.57. The highest BCUT2D eigenvalue weighted by Gasteiger charge is 2.21. The monoisotopic (exact) mass is 284 g/mol. The van der Waals surface area contributed by atoms with Gasteiger partial charge in [0.05, 0.1) is 0 Å². The number of nitrogens with one attached hydrogen (secondary N) is 1. The van der Waals surface area contributed by atoms with E-state index in [2.05, 4.69) is 12.2 Å². The molecule has 1 unspecified atom stereocenters. The Morgan fingerprint density at radius 1 is 1.30 bits per heavy atom. The lowest BCUT2D eigenvalue weighted by Crippen LogP contribution is -2.40. The molecule has 118 valence electrons. The molecule has 0 saturated heterocycles. The Morgan fingerprint density at radius 3 is 2.45 bits per heavy atom. The smallest absolute Gasteiger partial charge is 0.410 e. The van der Waals surface area contributed by atoms with Crippen molar-refractivity contribution in [3.63, 3.8) is 0 Å². The molecular formula is C16H32N2O2. The normalized spacial score (nSPS) is 18.6. The number of hydrogen-bond acceptors (Lipinski definition) is 3. The molecule has 4 heteroatoms. The molecule has 0 aromatic rings. The predicted molar refractivity (Wildman–Crippen MR) is 82.9 cm³/mol. The molecule has 0 aromatic carbocycles. The van der Waals surface area contributed by atoms with Gasteiger partial charge in [-0.15, -0.1) is 0 Å². The second-order valence-electron chi connectivity index (χ2n) is 7.21. The van der Waals surface area contributed by atoms with Gasteiger partial charge in [0.2, 0.25) is 0 Å². The van der Waals surface area contributed by atoms with Gasteiger partial charge in [0.25, 0.3) is 0 Å². The minimum Gasteiger partial charge on any atom is -0.444 e. The van der Waals surface area contributed by atoms with Crippen molar-refractivity contribution < 1.29 is 9.53 Å². The Kier molecular flexibility index (Phi) is 6.80. The van der Waals surface area contributed by atoms with Crippen LogP contribution in [0.15, 0.2) is 0 Å². The van der Waals surface area contributed by atoms with Crippen LogP contribution in [0.25, 0.3) is 0 Å². The molecule has 0 aliphatic heterocycles. The maximum absolute atomic E-state index is 11.9. The molecule has 0 bridgehead atoms. The molecule has 0 radical (unpaired) electrons. The summed E-state index contributed by atoms with van der Waals surface area (Å²) in [4.78, 5) is 13.6. The molecule has 1 amide bonds. The van der Waals surface area contributed by atoms with Crippen molar-refractivity contribution in [3.05, 3.63) is 0 Å². The van der Waals surface area contributed by atoms with Crippen LogP contribution in [0.1, 0.15) is 59.8 Å². The van der Waals surface area contributed by atoms with Crippen molar-refractivity contribution in [2.24, 2.45) is 5.92 Å². The van der Waals surface area contributed by atoms with Crippen molar-refractivity contribution in [2.75, 3.05) is 20.1 Å². The van der Waals surface area contributed by atoms with Crippen LogP contribution >= 0.6 is 0 Å². The van der Waals surface area contributed by atoms with Crippen molar-refractivity contribution in [1.82, 2.24) is 10.2 Å². The maximum atomic E-state index is 11.9. The number of amides is 1. The molecule has 20 heavy (non-hydrogen) atoms. The van der Waals surface area contributed by atoms with Gasteiger partial charge in [0, 0.05) is 19.6 Å². The van der Waals surface area contributed by atoms with Crippen LogP contribution in [0.5, 0.6) is 0 Å². The van der Waals surface area contributed by atoms with E-state index in [0.29, 0.717) is 12.0 Å². The van der Waals surface area contributed by atoms with Crippen LogP contribution in [-0.2, 0) is 4.74 Å². The summed E-state index contributed by atoms with van der Waals surface area (Å²) in [6.07, 6.45) is 6.45. The van der Waals surface area contributed by atoms with E-state index < -0.39 is 5.60 Å². The average molecular weight is 284 g/mol. The Morgan fingerprint density at radius 2 is 1.90 bits per heavy atom. The molecule has 4 nitrogen and oxygen atoms in total. The third kappa shape index (κ3) is 7.13. The van der Waals surface area contributed by atoms with Crippen LogP contribution in [0.3, 0.4) is 0 Å². The highest BCUT2D eigenvalue weighted by atomic mass is 16.6. The van der Waals surface area contributed by atoms with E-state index in [1.54, 1.807) is 4.90 Å². The molecule has 1 atom stereocenters. The zero-order chi connectivity index (χ0) is 15.2. The zero-order valence-electron chi connectivity index (χ0n) is 13.9. The minimum atomic E-state index is -0.422. The molecule has 1 aliphatic rings. The number of hydrogen-bond donors (Lipinski definition) is 1. The van der Waals surface area contributed by atoms with E-state index in [0.717, 1.165) is 13.1 Å². The fourth-order valence-corrected chi connectivity index (χ4v) is 2.62. The molecular weight excluding hydrogens is 252 g/mol. The topological polar surface area (TPSA) is 41.6 Å². The number of ether oxygens (including phenoxy) is 1. The van der Waals surface area contributed by atoms with Crippen molar-refractivity contribution in [3.8, 4) is 0 Å². The Hall–Kier alpha value is -0.770. The number of nitrogens with zero attached hydrogens (tertiary/aromatic N) is 1. The molecule has 1 fully saturated rings. The van der Waals surface area contributed by atoms with Gasteiger partial charge in [-0.2, -0.15) is 0 Å². The van der Waals surface area contributed by atoms with Gasteiger partial charge in [0.1, 0.15) is 5.60 Å². The number of carbonyl (C=O) groups is 1. The van der Waals surface area contributed by atoms with E-state index >= 15 is 0 Å². The first-order chi connectivity index (χ1) is 9.28. The summed E-state index contributed by atoms with van der Waals surface area (Å²) in [6, 6.07) is 0.679. The molecule has 1 saturated carbocycles. The first-order valence-corrected chi connectivity index (χ1v) is 7.95. The number of rotatable bonds is 5. The fourth-order valence-electron chi connectivity index (χ4n) is 2.62. The maximum Gasteiger partial charge on any atom is 0.410 e. The van der Waals surface area contributed by atoms with Gasteiger partial charge in [0.15, 0.2) is 0 Å². The lowest BCUT2D eigenvalue weighted by molar-refractivity contribution is 0.0276. The van der Waals surface area contributed by atoms with E-state index in [9.17, 15) is 4.79 Å². The SMILES string of the molecule is CC(CNC1CCCCC1)CN(C)C(=O)OC(C)(C)C. The summed E-state index contributed by atoms with van der Waals surface area (Å²) in [7, 11) is 1.81. The largest absolute Gasteiger partial charge is 0.444 e. The van der Waals surface area contributed by atoms with Gasteiger partial charge in [-0.05, 0) is 46.1 Å². The van der Waals surface area contributed by atoms with Crippen LogP contribution in [-0.4, -0.2) is 42.8 Å². The van der Waals surface area contributed by atoms with Crippen molar-refractivity contribution in [1.29, 1.82) is 0 Å². The fraction of sp³-hybridized carbons (Fsp3) is 0.938. The Balaban J connectivity index is 2.23. The van der Waals surface area contributed by atoms with Crippen LogP contribution in [0, 0.1) is 5.92 Å². The van der Waals surface area contributed by atoms with E-state index in [1.807, 2.05) is 27.8 Å². The highest BCUT2D eigenvalue weighted by Crippen LogP contribution is 2.17. The van der Waals surface area contributed by atoms with Crippen LogP contribution < -0.4 is 5.32 Å². The highest BCUT2D eigenvalue weighted by molar-refractivity contribution is 5.67. The quantitative estimate of drug-likeness (QED) is 0.841. The molecule has 1 aliphatic carbocycles. The number of carbonyl (C=O) groups excluding carboxylic acids is 1. The zero-order valence-corrected chi connectivity index (χ0v) is 13.9. The van der Waals surface area contributed by atoms with Crippen molar-refractivity contribution in [2.45, 2.75) is 71.4 Å². The predicted octanol–water partition coefficient (Wildman–Crippen LogP) is 3.41. The van der Waals surface area contributed by atoms with Crippen LogP contribution in [0.2, 0.25) is 0 Å². The summed E-state index contributed by atoms with van der Waals surface area (Å²) in [5, 5.41) is 3.64. The van der Waals surface area contributed by atoms with Gasteiger partial charge in [-0.25, -0.2) is 4.79 Å². The summed E-state index contributed by atoms with van der Waals surface area (Å²) in [5.41, 5.74) is -0.422. The summed E-state index contributed by atoms with van der Waals surface area (Å²) >= 11 is 0. The summed E-state index contributed by atoms with van der Waals surface area (Å²) < 4.78 is 5.36. The van der Waals surface area contributed by atoms with E-state index in [1.165, 1.54) is 32.1 Å². The van der Waals surface area contributed by atoms with Crippen molar-refractivity contribution >= 4 is 6.09 Å².